The Bertz CT molecular complexity index is 1170. The normalized spacial score (nSPS) is 15.2. The third-order valence-corrected chi connectivity index (χ3v) is 5.87. The first kappa shape index (κ1) is 23.5. The SMILES string of the molecule is CC(=O)N1CCc2ccc(OCc3ccc(C(=O)NCC(C)C)o3)cc2[C@@H]1c1ccc(F)cc1. The maximum atomic E-state index is 13.5. The van der Waals surface area contributed by atoms with Crippen molar-refractivity contribution < 1.29 is 23.1 Å². The molecule has 0 saturated heterocycles. The summed E-state index contributed by atoms with van der Waals surface area (Å²) < 4.78 is 25.1. The molecule has 2 amide bonds. The van der Waals surface area contributed by atoms with Crippen molar-refractivity contribution in [2.75, 3.05) is 13.1 Å². The third kappa shape index (κ3) is 5.30. The van der Waals surface area contributed by atoms with E-state index in [-0.39, 0.29) is 36.0 Å². The minimum absolute atomic E-state index is 0.0369. The Morgan fingerprint density at radius 3 is 2.62 bits per heavy atom. The predicted molar refractivity (Wildman–Crippen MR) is 126 cm³/mol. The number of hydrogen-bond acceptors (Lipinski definition) is 4. The molecule has 0 radical (unpaired) electrons. The van der Waals surface area contributed by atoms with E-state index in [0.717, 1.165) is 23.1 Å². The Hall–Kier alpha value is -3.61. The number of halogens is 1. The summed E-state index contributed by atoms with van der Waals surface area (Å²) in [6, 6.07) is 15.1. The van der Waals surface area contributed by atoms with Gasteiger partial charge in [-0.15, -0.1) is 0 Å². The summed E-state index contributed by atoms with van der Waals surface area (Å²) in [5.74, 6) is 1.15. The van der Waals surface area contributed by atoms with Gasteiger partial charge in [-0.3, -0.25) is 9.59 Å². The average Bonchev–Trinajstić information content (AvgIpc) is 3.30. The highest BCUT2D eigenvalue weighted by Gasteiger charge is 2.31. The van der Waals surface area contributed by atoms with Crippen LogP contribution in [0, 0.1) is 11.7 Å². The van der Waals surface area contributed by atoms with Gasteiger partial charge in [0.25, 0.3) is 5.91 Å². The van der Waals surface area contributed by atoms with Crippen molar-refractivity contribution in [3.8, 4) is 5.75 Å². The monoisotopic (exact) mass is 464 g/mol. The summed E-state index contributed by atoms with van der Waals surface area (Å²) in [7, 11) is 0. The van der Waals surface area contributed by atoms with Gasteiger partial charge in [0.15, 0.2) is 5.76 Å². The van der Waals surface area contributed by atoms with Crippen molar-refractivity contribution in [1.82, 2.24) is 10.2 Å². The summed E-state index contributed by atoms with van der Waals surface area (Å²) in [5.41, 5.74) is 2.93. The number of amides is 2. The quantitative estimate of drug-likeness (QED) is 0.541. The molecule has 1 aliphatic rings. The molecule has 0 fully saturated rings. The molecule has 3 aromatic rings. The molecule has 178 valence electrons. The lowest BCUT2D eigenvalue weighted by molar-refractivity contribution is -0.130. The number of ether oxygens (including phenoxy) is 1. The molecule has 1 N–H and O–H groups in total. The first-order valence-electron chi connectivity index (χ1n) is 11.5. The minimum atomic E-state index is -0.318. The number of carbonyl (C=O) groups is 2. The van der Waals surface area contributed by atoms with E-state index in [2.05, 4.69) is 5.32 Å². The fourth-order valence-corrected chi connectivity index (χ4v) is 4.14. The lowest BCUT2D eigenvalue weighted by atomic mass is 9.88. The van der Waals surface area contributed by atoms with Crippen LogP contribution in [0.1, 0.15) is 59.8 Å². The fourth-order valence-electron chi connectivity index (χ4n) is 4.14. The molecule has 0 saturated carbocycles. The van der Waals surface area contributed by atoms with Crippen LogP contribution in [0.5, 0.6) is 5.75 Å². The zero-order valence-corrected chi connectivity index (χ0v) is 19.6. The van der Waals surface area contributed by atoms with E-state index in [1.807, 2.05) is 32.0 Å². The molecular weight excluding hydrogens is 435 g/mol. The third-order valence-electron chi connectivity index (χ3n) is 5.87. The van der Waals surface area contributed by atoms with Crippen molar-refractivity contribution in [2.45, 2.75) is 39.8 Å². The first-order chi connectivity index (χ1) is 16.3. The standard InChI is InChI=1S/C27H29FN2O4/c1-17(2)15-29-27(32)25-11-10-23(34-25)16-33-22-9-6-19-12-13-30(18(3)31)26(24(19)14-22)20-4-7-21(28)8-5-20/h4-11,14,17,26H,12-13,15-16H2,1-3H3,(H,29,32)/t26-/m0/s1. The molecule has 0 bridgehead atoms. The largest absolute Gasteiger partial charge is 0.486 e. The Morgan fingerprint density at radius 1 is 1.15 bits per heavy atom. The summed E-state index contributed by atoms with van der Waals surface area (Å²) in [6.07, 6.45) is 0.736. The van der Waals surface area contributed by atoms with Crippen LogP contribution in [0.4, 0.5) is 4.39 Å². The topological polar surface area (TPSA) is 71.8 Å². The summed E-state index contributed by atoms with van der Waals surface area (Å²) >= 11 is 0. The molecule has 2 heterocycles. The van der Waals surface area contributed by atoms with Gasteiger partial charge in [-0.2, -0.15) is 0 Å². The zero-order valence-electron chi connectivity index (χ0n) is 19.6. The Balaban J connectivity index is 1.52. The lowest BCUT2D eigenvalue weighted by Gasteiger charge is -2.37. The van der Waals surface area contributed by atoms with Crippen LogP contribution in [0.25, 0.3) is 0 Å². The second kappa shape index (κ2) is 10.1. The number of furan rings is 1. The van der Waals surface area contributed by atoms with Gasteiger partial charge >= 0.3 is 0 Å². The molecule has 0 aliphatic carbocycles. The number of benzene rings is 2. The molecule has 0 unspecified atom stereocenters. The highest BCUT2D eigenvalue weighted by Crippen LogP contribution is 2.37. The Morgan fingerprint density at radius 2 is 1.91 bits per heavy atom. The maximum Gasteiger partial charge on any atom is 0.287 e. The van der Waals surface area contributed by atoms with Crippen molar-refractivity contribution >= 4 is 11.8 Å². The van der Waals surface area contributed by atoms with Crippen molar-refractivity contribution in [3.05, 3.63) is 88.6 Å². The van der Waals surface area contributed by atoms with E-state index in [4.69, 9.17) is 9.15 Å². The van der Waals surface area contributed by atoms with E-state index in [1.165, 1.54) is 12.1 Å². The van der Waals surface area contributed by atoms with Crippen LogP contribution in [0.2, 0.25) is 0 Å². The summed E-state index contributed by atoms with van der Waals surface area (Å²) in [5, 5.41) is 2.83. The van der Waals surface area contributed by atoms with Gasteiger partial charge in [0, 0.05) is 20.0 Å². The van der Waals surface area contributed by atoms with Gasteiger partial charge in [-0.1, -0.05) is 32.0 Å². The van der Waals surface area contributed by atoms with Crippen LogP contribution in [0.3, 0.4) is 0 Å². The van der Waals surface area contributed by atoms with E-state index in [0.29, 0.717) is 30.5 Å². The van der Waals surface area contributed by atoms with Crippen molar-refractivity contribution in [2.24, 2.45) is 5.92 Å². The van der Waals surface area contributed by atoms with Gasteiger partial charge in [0.2, 0.25) is 5.91 Å². The summed E-state index contributed by atoms with van der Waals surface area (Å²) in [6.45, 7) is 6.93. The molecule has 0 spiro atoms. The van der Waals surface area contributed by atoms with Gasteiger partial charge in [-0.25, -0.2) is 4.39 Å². The van der Waals surface area contributed by atoms with Crippen LogP contribution in [-0.2, 0) is 17.8 Å². The molecule has 1 atom stereocenters. The number of hydrogen-bond donors (Lipinski definition) is 1. The number of fused-ring (bicyclic) bond motifs is 1. The maximum absolute atomic E-state index is 13.5. The number of rotatable bonds is 7. The van der Waals surface area contributed by atoms with Gasteiger partial charge in [-0.05, 0) is 65.4 Å². The van der Waals surface area contributed by atoms with E-state index >= 15 is 0 Å². The van der Waals surface area contributed by atoms with Crippen molar-refractivity contribution in [1.29, 1.82) is 0 Å². The predicted octanol–water partition coefficient (Wildman–Crippen LogP) is 4.88. The fraction of sp³-hybridized carbons (Fsp3) is 0.333. The van der Waals surface area contributed by atoms with E-state index in [1.54, 1.807) is 36.1 Å². The Labute approximate surface area is 198 Å². The molecule has 1 aliphatic heterocycles. The highest BCUT2D eigenvalue weighted by atomic mass is 19.1. The van der Waals surface area contributed by atoms with Gasteiger partial charge in [0.05, 0.1) is 6.04 Å². The highest BCUT2D eigenvalue weighted by molar-refractivity contribution is 5.91. The number of nitrogens with one attached hydrogen (secondary N) is 1. The molecule has 4 rings (SSSR count). The van der Waals surface area contributed by atoms with Crippen LogP contribution >= 0.6 is 0 Å². The van der Waals surface area contributed by atoms with E-state index in [9.17, 15) is 14.0 Å². The first-order valence-corrected chi connectivity index (χ1v) is 11.5. The molecular formula is C27H29FN2O4. The van der Waals surface area contributed by atoms with Crippen LogP contribution in [0.15, 0.2) is 59.0 Å². The summed E-state index contributed by atoms with van der Waals surface area (Å²) in [4.78, 5) is 26.3. The van der Waals surface area contributed by atoms with Crippen LogP contribution < -0.4 is 10.1 Å². The molecule has 34 heavy (non-hydrogen) atoms. The van der Waals surface area contributed by atoms with Crippen molar-refractivity contribution in [3.63, 3.8) is 0 Å². The second-order valence-electron chi connectivity index (χ2n) is 8.94. The zero-order chi connectivity index (χ0) is 24.2. The minimum Gasteiger partial charge on any atom is -0.486 e. The van der Waals surface area contributed by atoms with Crippen LogP contribution in [-0.4, -0.2) is 29.8 Å². The second-order valence-corrected chi connectivity index (χ2v) is 8.94. The Kier molecular flexibility index (Phi) is 7.01. The molecule has 1 aromatic heterocycles. The molecule has 2 aromatic carbocycles. The average molecular weight is 465 g/mol. The smallest absolute Gasteiger partial charge is 0.287 e. The number of carbonyl (C=O) groups excluding carboxylic acids is 2. The lowest BCUT2D eigenvalue weighted by Crippen LogP contribution is -2.39. The van der Waals surface area contributed by atoms with Gasteiger partial charge in [0.1, 0.15) is 23.9 Å². The van der Waals surface area contributed by atoms with E-state index < -0.39 is 0 Å². The number of nitrogens with zero attached hydrogens (tertiary/aromatic N) is 1. The molecule has 7 heteroatoms. The molecule has 6 nitrogen and oxygen atoms in total. The van der Waals surface area contributed by atoms with Gasteiger partial charge < -0.3 is 19.4 Å².